The summed E-state index contributed by atoms with van der Waals surface area (Å²) in [4.78, 5) is 26.7. The summed E-state index contributed by atoms with van der Waals surface area (Å²) in [5, 5.41) is 0. The first kappa shape index (κ1) is 45.2. The molecule has 0 amide bonds. The van der Waals surface area contributed by atoms with E-state index in [1.54, 1.807) is 24.3 Å². The molecule has 256 valence electrons. The van der Waals surface area contributed by atoms with E-state index in [-0.39, 0.29) is 22.6 Å². The highest BCUT2D eigenvalue weighted by Gasteiger charge is 2.45. The monoisotopic (exact) mass is 1610 g/mol. The third-order valence-electron chi connectivity index (χ3n) is 5.40. The molecule has 0 bridgehead atoms. The molecule has 0 N–H and O–H groups in total. The Morgan fingerprint density at radius 2 is 0.833 bits per heavy atom. The van der Waals surface area contributed by atoms with E-state index in [4.69, 9.17) is 14.2 Å². The number of alkyl halides is 5. The van der Waals surface area contributed by atoms with Gasteiger partial charge >= 0.3 is 11.9 Å². The van der Waals surface area contributed by atoms with Gasteiger partial charge in [-0.05, 0) is 228 Å². The van der Waals surface area contributed by atoms with Crippen LogP contribution < -0.4 is 14.2 Å². The van der Waals surface area contributed by atoms with E-state index in [1.807, 2.05) is 30.3 Å². The summed E-state index contributed by atoms with van der Waals surface area (Å²) in [6.07, 6.45) is 0. The third kappa shape index (κ3) is 11.4. The number of benzene rings is 4. The fourth-order valence-electron chi connectivity index (χ4n) is 3.19. The maximum Gasteiger partial charge on any atom is 0.345 e. The lowest BCUT2D eigenvalue weighted by Gasteiger charge is -2.30. The Hall–Kier alpha value is 2.82. The van der Waals surface area contributed by atoms with Crippen LogP contribution in [0.1, 0.15) is 20.7 Å². The summed E-state index contributed by atoms with van der Waals surface area (Å²) < 4.78 is 21.1. The molecule has 0 aliphatic rings. The van der Waals surface area contributed by atoms with Gasteiger partial charge in [0.1, 0.15) is 17.2 Å². The second-order valence-corrected chi connectivity index (χ2v) is 26.7. The Morgan fingerprint density at radius 1 is 0.458 bits per heavy atom. The van der Waals surface area contributed by atoms with Gasteiger partial charge in [0.05, 0.1) is 20.1 Å². The van der Waals surface area contributed by atoms with Crippen molar-refractivity contribution < 1.29 is 23.8 Å². The molecule has 0 saturated carbocycles. The van der Waals surface area contributed by atoms with E-state index in [1.165, 1.54) is 0 Å². The smallest absolute Gasteiger partial charge is 0.345 e. The molecule has 0 saturated heterocycles. The minimum absolute atomic E-state index is 0.0369. The topological polar surface area (TPSA) is 61.8 Å². The van der Waals surface area contributed by atoms with Gasteiger partial charge in [0.2, 0.25) is 0 Å². The highest BCUT2D eigenvalue weighted by molar-refractivity contribution is 9.41. The zero-order chi connectivity index (χ0) is 36.3. The molecule has 20 heteroatoms. The second-order valence-electron chi connectivity index (χ2n) is 8.56. The van der Waals surface area contributed by atoms with E-state index in [0.29, 0.717) is 35.8 Å². The van der Waals surface area contributed by atoms with Crippen molar-refractivity contribution in [1.29, 1.82) is 0 Å². The van der Waals surface area contributed by atoms with E-state index in [2.05, 4.69) is 239 Å². The fraction of sp³-hybridized carbons (Fsp3) is 0.0714. The largest absolute Gasteiger partial charge is 0.463 e. The van der Waals surface area contributed by atoms with Gasteiger partial charge in [-0.3, -0.25) is 0 Å². The highest BCUT2D eigenvalue weighted by Crippen LogP contribution is 2.53. The second kappa shape index (κ2) is 19.6. The Morgan fingerprint density at radius 3 is 1.19 bits per heavy atom. The van der Waals surface area contributed by atoms with Gasteiger partial charge in [-0.1, -0.05) is 66.0 Å². The van der Waals surface area contributed by atoms with Crippen LogP contribution >= 0.6 is 239 Å². The molecule has 0 atom stereocenters. The molecule has 0 radical (unpaired) electrons. The number of esters is 2. The van der Waals surface area contributed by atoms with Gasteiger partial charge in [-0.15, -0.1) is 0 Å². The standard InChI is InChI=1S/C20H4Br10O4.C8H5Br5O/c21-5-1-3-7(13(25)11(5)23)33-19(31)9-10(16(28)18(30)17(29)15(9)27)20(32)34-8-4-2-6(22)12(24)14(8)26;9-7(10,11)8(12,13)14-6-4-2-1-3-5-6/h1-4H;1-5H. The first-order valence-corrected chi connectivity index (χ1v) is 23.8. The average Bonchev–Trinajstić information content (AvgIpc) is 3.02. The quantitative estimate of drug-likeness (QED) is 0.0633. The van der Waals surface area contributed by atoms with Crippen LogP contribution in [0.5, 0.6) is 17.2 Å². The Balaban J connectivity index is 0.000000373. The van der Waals surface area contributed by atoms with Crippen molar-refractivity contribution in [1.82, 2.24) is 0 Å². The minimum atomic E-state index is -0.783. The lowest BCUT2D eigenvalue weighted by atomic mass is 10.1. The normalized spacial score (nSPS) is 11.4. The maximum atomic E-state index is 13.4. The third-order valence-corrected chi connectivity index (χ3v) is 23.2. The molecular weight excluding hydrogens is 1610 g/mol. The zero-order valence-corrected chi connectivity index (χ0v) is 46.2. The molecule has 0 heterocycles. The summed E-state index contributed by atoms with van der Waals surface area (Å²) in [7, 11) is 0. The van der Waals surface area contributed by atoms with E-state index < -0.39 is 17.5 Å². The van der Waals surface area contributed by atoms with E-state index >= 15 is 0 Å². The van der Waals surface area contributed by atoms with Crippen molar-refractivity contribution in [3.63, 3.8) is 0 Å². The van der Waals surface area contributed by atoms with Crippen molar-refractivity contribution in [2.45, 2.75) is 5.56 Å². The minimum Gasteiger partial charge on any atom is -0.463 e. The average molecular weight is 1620 g/mol. The molecule has 4 aromatic rings. The molecule has 0 unspecified atom stereocenters. The van der Waals surface area contributed by atoms with Gasteiger partial charge in [-0.25, -0.2) is 9.59 Å². The summed E-state index contributed by atoms with van der Waals surface area (Å²) >= 11 is 51.0. The number of hydrogen-bond donors (Lipinski definition) is 0. The molecule has 4 aromatic carbocycles. The molecule has 5 nitrogen and oxygen atoms in total. The molecule has 0 spiro atoms. The lowest BCUT2D eigenvalue weighted by molar-refractivity contribution is 0.0688. The number of carbonyl (C=O) groups is 2. The van der Waals surface area contributed by atoms with Gasteiger partial charge in [0.25, 0.3) is 3.42 Å². The van der Waals surface area contributed by atoms with Crippen LogP contribution in [0, 0.1) is 0 Å². The Bertz CT molecular complexity index is 1760. The number of rotatable bonds is 6. The maximum absolute atomic E-state index is 13.4. The van der Waals surface area contributed by atoms with Crippen LogP contribution in [-0.4, -0.2) is 17.5 Å². The van der Waals surface area contributed by atoms with E-state index in [9.17, 15) is 9.59 Å². The molecule has 48 heavy (non-hydrogen) atoms. The SMILES string of the molecule is BrC(Br)(Br)C(Br)(Br)Oc1ccccc1.O=C(Oc1ccc(Br)c(Br)c1Br)c1c(Br)c(Br)c(Br)c(Br)c1C(=O)Oc1ccc(Br)c(Br)c1Br. The predicted molar refractivity (Wildman–Crippen MR) is 243 cm³/mol. The number of hydrogen-bond acceptors (Lipinski definition) is 5. The Kier molecular flexibility index (Phi) is 18.5. The van der Waals surface area contributed by atoms with Crippen LogP contribution in [0.3, 0.4) is 0 Å². The Labute approximate surface area is 401 Å². The molecule has 0 aromatic heterocycles. The first-order chi connectivity index (χ1) is 22.2. The van der Waals surface area contributed by atoms with Crippen LogP contribution in [-0.2, 0) is 0 Å². The summed E-state index contributed by atoms with van der Waals surface area (Å²) in [5.41, 5.74) is -0.0737. The van der Waals surface area contributed by atoms with Gasteiger partial charge < -0.3 is 14.2 Å². The predicted octanol–water partition coefficient (Wildman–Crippen LogP) is 17.1. The number of halogens is 15. The first-order valence-electron chi connectivity index (χ1n) is 11.9. The van der Waals surface area contributed by atoms with E-state index in [0.717, 1.165) is 14.7 Å². The lowest BCUT2D eigenvalue weighted by Crippen LogP contribution is -2.34. The molecule has 0 aliphatic carbocycles. The van der Waals surface area contributed by atoms with Crippen molar-refractivity contribution >= 4 is 251 Å². The van der Waals surface area contributed by atoms with Crippen LogP contribution in [0.4, 0.5) is 0 Å². The van der Waals surface area contributed by atoms with Crippen molar-refractivity contribution in [2.24, 2.45) is 0 Å². The molecular formula is C28H9Br15O5. The number of carbonyl (C=O) groups excluding carboxylic acids is 2. The van der Waals surface area contributed by atoms with Gasteiger partial charge in [0, 0.05) is 35.8 Å². The molecule has 0 aliphatic heterocycles. The molecule has 0 fully saturated rings. The van der Waals surface area contributed by atoms with Crippen LogP contribution in [0.2, 0.25) is 0 Å². The number of para-hydroxylation sites is 1. The van der Waals surface area contributed by atoms with Crippen molar-refractivity contribution in [3.8, 4) is 17.2 Å². The summed E-state index contributed by atoms with van der Waals surface area (Å²) in [6.45, 7) is 0. The van der Waals surface area contributed by atoms with Crippen molar-refractivity contribution in [3.05, 3.63) is 110 Å². The van der Waals surface area contributed by atoms with Gasteiger partial charge in [-0.2, -0.15) is 0 Å². The molecule has 4 rings (SSSR count). The zero-order valence-electron chi connectivity index (χ0n) is 22.4. The fourth-order valence-corrected chi connectivity index (χ4v) is 8.95. The van der Waals surface area contributed by atoms with Crippen LogP contribution in [0.15, 0.2) is 99.3 Å². The summed E-state index contributed by atoms with van der Waals surface area (Å²) in [6, 6.07) is 16.2. The number of ether oxygens (including phenoxy) is 3. The van der Waals surface area contributed by atoms with Gasteiger partial charge in [0.15, 0.2) is 2.14 Å². The highest BCUT2D eigenvalue weighted by atomic mass is 80.0. The van der Waals surface area contributed by atoms with Crippen LogP contribution in [0.25, 0.3) is 0 Å². The summed E-state index contributed by atoms with van der Waals surface area (Å²) in [5.74, 6) is -0.302. The van der Waals surface area contributed by atoms with Crippen molar-refractivity contribution in [2.75, 3.05) is 0 Å².